The molecular weight excluding hydrogens is 442 g/mol. The zero-order chi connectivity index (χ0) is 24.4. The van der Waals surface area contributed by atoms with Gasteiger partial charge in [-0.15, -0.1) is 0 Å². The van der Waals surface area contributed by atoms with Crippen molar-refractivity contribution in [2.24, 2.45) is 0 Å². The molecule has 3 aromatic rings. The van der Waals surface area contributed by atoms with Crippen molar-refractivity contribution in [1.82, 2.24) is 4.98 Å². The van der Waals surface area contributed by atoms with Gasteiger partial charge >= 0.3 is 0 Å². The summed E-state index contributed by atoms with van der Waals surface area (Å²) in [4.78, 5) is 28.4. The number of amides is 1. The van der Waals surface area contributed by atoms with Gasteiger partial charge in [-0.05, 0) is 53.4 Å². The summed E-state index contributed by atoms with van der Waals surface area (Å²) in [6.45, 7) is 5.98. The third-order valence-electron chi connectivity index (χ3n) is 4.90. The highest BCUT2D eigenvalue weighted by atomic mass is 32.2. The third kappa shape index (κ3) is 5.81. The minimum absolute atomic E-state index is 0.254. The Kier molecular flexibility index (Phi) is 6.64. The molecule has 0 unspecified atom stereocenters. The van der Waals surface area contributed by atoms with Crippen molar-refractivity contribution in [3.63, 3.8) is 0 Å². The molecule has 0 aliphatic heterocycles. The predicted molar refractivity (Wildman–Crippen MR) is 131 cm³/mol. The highest BCUT2D eigenvalue weighted by Crippen LogP contribution is 2.38. The monoisotopic (exact) mass is 469 g/mol. The first kappa shape index (κ1) is 24.1. The van der Waals surface area contributed by atoms with Crippen molar-refractivity contribution in [3.05, 3.63) is 76.2 Å². The average Bonchev–Trinajstić information content (AvgIpc) is 2.71. The Bertz CT molecular complexity index is 1350. The molecule has 1 heterocycles. The van der Waals surface area contributed by atoms with Crippen LogP contribution in [0.15, 0.2) is 59.5 Å². The van der Waals surface area contributed by atoms with E-state index in [1.807, 2.05) is 26.8 Å². The largest absolute Gasteiger partial charge is 0.496 e. The maximum Gasteiger partial charge on any atom is 0.259 e. The number of hydrogen-bond donors (Lipinski definition) is 3. The Hall–Kier alpha value is -3.59. The van der Waals surface area contributed by atoms with E-state index in [-0.39, 0.29) is 16.5 Å². The lowest BCUT2D eigenvalue weighted by molar-refractivity contribution is 0.102. The van der Waals surface area contributed by atoms with E-state index in [0.29, 0.717) is 28.3 Å². The molecule has 0 radical (unpaired) electrons. The fourth-order valence-corrected chi connectivity index (χ4v) is 4.01. The number of aromatic amines is 1. The SMILES string of the molecule is COc1c(C(=O)Nc2cccc(NS(C)(=O)=O)c2)cc(-c2ccc[nH]c2=O)cc1C(C)(C)C. The van der Waals surface area contributed by atoms with Crippen molar-refractivity contribution in [3.8, 4) is 16.9 Å². The molecule has 0 fully saturated rings. The number of carbonyl (C=O) groups excluding carboxylic acids is 1. The lowest BCUT2D eigenvalue weighted by Gasteiger charge is -2.25. The second-order valence-electron chi connectivity index (χ2n) is 8.68. The predicted octanol–water partition coefficient (Wildman–Crippen LogP) is 3.97. The Morgan fingerprint density at radius 1 is 1.03 bits per heavy atom. The van der Waals surface area contributed by atoms with E-state index in [9.17, 15) is 18.0 Å². The molecule has 3 N–H and O–H groups in total. The normalized spacial score (nSPS) is 11.7. The Balaban J connectivity index is 2.10. The van der Waals surface area contributed by atoms with Crippen LogP contribution in [0.5, 0.6) is 5.75 Å². The first-order chi connectivity index (χ1) is 15.4. The first-order valence-corrected chi connectivity index (χ1v) is 12.1. The number of sulfonamides is 1. The lowest BCUT2D eigenvalue weighted by Crippen LogP contribution is -2.19. The van der Waals surface area contributed by atoms with Gasteiger partial charge in [0.05, 0.1) is 24.6 Å². The molecule has 9 heteroatoms. The van der Waals surface area contributed by atoms with Crippen LogP contribution in [0.3, 0.4) is 0 Å². The molecule has 174 valence electrons. The van der Waals surface area contributed by atoms with E-state index in [0.717, 1.165) is 11.8 Å². The van der Waals surface area contributed by atoms with Crippen molar-refractivity contribution in [1.29, 1.82) is 0 Å². The number of aromatic nitrogens is 1. The zero-order valence-corrected chi connectivity index (χ0v) is 20.0. The van der Waals surface area contributed by atoms with Gasteiger partial charge in [0, 0.05) is 23.0 Å². The summed E-state index contributed by atoms with van der Waals surface area (Å²) >= 11 is 0. The third-order valence-corrected chi connectivity index (χ3v) is 5.51. The minimum Gasteiger partial charge on any atom is -0.496 e. The molecule has 8 nitrogen and oxygen atoms in total. The molecule has 0 bridgehead atoms. The number of anilines is 2. The van der Waals surface area contributed by atoms with E-state index >= 15 is 0 Å². The fourth-order valence-electron chi connectivity index (χ4n) is 3.45. The quantitative estimate of drug-likeness (QED) is 0.505. The number of H-pyrrole nitrogens is 1. The molecule has 0 saturated heterocycles. The summed E-state index contributed by atoms with van der Waals surface area (Å²) < 4.78 is 31.1. The summed E-state index contributed by atoms with van der Waals surface area (Å²) in [5, 5.41) is 2.79. The van der Waals surface area contributed by atoms with Crippen molar-refractivity contribution >= 4 is 27.3 Å². The van der Waals surface area contributed by atoms with Gasteiger partial charge in [-0.3, -0.25) is 14.3 Å². The zero-order valence-electron chi connectivity index (χ0n) is 19.1. The highest BCUT2D eigenvalue weighted by Gasteiger charge is 2.26. The number of pyridine rings is 1. The maximum absolute atomic E-state index is 13.3. The van der Waals surface area contributed by atoms with Gasteiger partial charge in [-0.25, -0.2) is 8.42 Å². The highest BCUT2D eigenvalue weighted by molar-refractivity contribution is 7.92. The Labute approximate surface area is 193 Å². The van der Waals surface area contributed by atoms with Crippen LogP contribution in [-0.4, -0.2) is 32.7 Å². The van der Waals surface area contributed by atoms with Crippen LogP contribution in [0.4, 0.5) is 11.4 Å². The summed E-state index contributed by atoms with van der Waals surface area (Å²) in [7, 11) is -1.97. The molecular formula is C24H27N3O5S. The van der Waals surface area contributed by atoms with Crippen molar-refractivity contribution < 1.29 is 17.9 Å². The van der Waals surface area contributed by atoms with Crippen molar-refractivity contribution in [2.45, 2.75) is 26.2 Å². The van der Waals surface area contributed by atoms with E-state index < -0.39 is 15.9 Å². The van der Waals surface area contributed by atoms with Gasteiger partial charge in [0.1, 0.15) is 5.75 Å². The van der Waals surface area contributed by atoms with Gasteiger partial charge < -0.3 is 15.0 Å². The Morgan fingerprint density at radius 2 is 1.73 bits per heavy atom. The van der Waals surface area contributed by atoms with Crippen LogP contribution in [0, 0.1) is 0 Å². The molecule has 1 aromatic heterocycles. The molecule has 33 heavy (non-hydrogen) atoms. The van der Waals surface area contributed by atoms with Crippen LogP contribution >= 0.6 is 0 Å². The molecule has 0 aliphatic carbocycles. The number of benzene rings is 2. The summed E-state index contributed by atoms with van der Waals surface area (Å²) in [5.41, 5.74) is 2.11. The minimum atomic E-state index is -3.46. The smallest absolute Gasteiger partial charge is 0.259 e. The first-order valence-electron chi connectivity index (χ1n) is 10.2. The van der Waals surface area contributed by atoms with Gasteiger partial charge in [0.2, 0.25) is 10.0 Å². The number of rotatable bonds is 6. The van der Waals surface area contributed by atoms with E-state index in [4.69, 9.17) is 4.74 Å². The van der Waals surface area contributed by atoms with Gasteiger partial charge in [-0.2, -0.15) is 0 Å². The van der Waals surface area contributed by atoms with Crippen LogP contribution < -0.4 is 20.3 Å². The number of ether oxygens (including phenoxy) is 1. The molecule has 1 amide bonds. The summed E-state index contributed by atoms with van der Waals surface area (Å²) in [5.74, 6) is -0.0513. The maximum atomic E-state index is 13.3. The molecule has 2 aromatic carbocycles. The standard InChI is InChI=1S/C24H27N3O5S/c1-24(2,3)20-13-15(18-10-7-11-25-22(18)28)12-19(21(20)32-4)23(29)26-16-8-6-9-17(14-16)27-33(5,30)31/h6-14,27H,1-5H3,(H,25,28)(H,26,29). The molecule has 0 spiro atoms. The summed E-state index contributed by atoms with van der Waals surface area (Å²) in [6, 6.07) is 13.3. The number of methoxy groups -OCH3 is 1. The molecule has 0 atom stereocenters. The molecule has 0 saturated carbocycles. The van der Waals surface area contributed by atoms with Gasteiger partial charge in [0.15, 0.2) is 0 Å². The second-order valence-corrected chi connectivity index (χ2v) is 10.4. The van der Waals surface area contributed by atoms with Crippen LogP contribution in [0.2, 0.25) is 0 Å². The van der Waals surface area contributed by atoms with Crippen LogP contribution in [-0.2, 0) is 15.4 Å². The molecule has 3 rings (SSSR count). The second kappa shape index (κ2) is 9.11. The van der Waals surface area contributed by atoms with Crippen LogP contribution in [0.25, 0.3) is 11.1 Å². The average molecular weight is 470 g/mol. The topological polar surface area (TPSA) is 117 Å². The van der Waals surface area contributed by atoms with Gasteiger partial charge in [0.25, 0.3) is 11.5 Å². The van der Waals surface area contributed by atoms with Gasteiger partial charge in [-0.1, -0.05) is 26.8 Å². The molecule has 0 aliphatic rings. The number of carbonyl (C=O) groups is 1. The van der Waals surface area contributed by atoms with Crippen LogP contribution in [0.1, 0.15) is 36.7 Å². The van der Waals surface area contributed by atoms with E-state index in [2.05, 4.69) is 15.0 Å². The number of nitrogens with one attached hydrogen (secondary N) is 3. The lowest BCUT2D eigenvalue weighted by atomic mass is 9.83. The van der Waals surface area contributed by atoms with Crippen molar-refractivity contribution in [2.75, 3.05) is 23.4 Å². The summed E-state index contributed by atoms with van der Waals surface area (Å²) in [6.07, 6.45) is 2.60. The van der Waals surface area contributed by atoms with E-state index in [1.54, 1.807) is 42.6 Å². The number of hydrogen-bond acceptors (Lipinski definition) is 5. The Morgan fingerprint density at radius 3 is 2.33 bits per heavy atom. The fraction of sp³-hybridized carbons (Fsp3) is 0.250. The van der Waals surface area contributed by atoms with E-state index in [1.165, 1.54) is 13.2 Å².